The van der Waals surface area contributed by atoms with E-state index in [2.05, 4.69) is 5.32 Å². The molecule has 1 amide bonds. The summed E-state index contributed by atoms with van der Waals surface area (Å²) in [6, 6.07) is 5.81. The van der Waals surface area contributed by atoms with E-state index in [-0.39, 0.29) is 12.2 Å². The molecule has 2 atom stereocenters. The van der Waals surface area contributed by atoms with E-state index >= 15 is 0 Å². The summed E-state index contributed by atoms with van der Waals surface area (Å²) in [7, 11) is 1.22. The fourth-order valence-electron chi connectivity index (χ4n) is 2.30. The highest BCUT2D eigenvalue weighted by molar-refractivity contribution is 6.30. The number of ketones is 1. The van der Waals surface area contributed by atoms with Crippen LogP contribution in [0.2, 0.25) is 5.02 Å². The Morgan fingerprint density at radius 1 is 1.24 bits per heavy atom. The van der Waals surface area contributed by atoms with Gasteiger partial charge in [-0.25, -0.2) is 9.59 Å². The van der Waals surface area contributed by atoms with Crippen LogP contribution in [0.25, 0.3) is 0 Å². The van der Waals surface area contributed by atoms with E-state index in [0.29, 0.717) is 10.6 Å². The summed E-state index contributed by atoms with van der Waals surface area (Å²) in [5.41, 5.74) is -0.0441. The topological polar surface area (TPSA) is 81.7 Å². The van der Waals surface area contributed by atoms with E-state index in [9.17, 15) is 14.4 Å². The van der Waals surface area contributed by atoms with Crippen LogP contribution in [-0.2, 0) is 19.1 Å². The van der Waals surface area contributed by atoms with Crippen LogP contribution in [0.5, 0.6) is 0 Å². The van der Waals surface area contributed by atoms with Gasteiger partial charge in [-0.2, -0.15) is 0 Å². The Morgan fingerprint density at radius 2 is 1.88 bits per heavy atom. The highest BCUT2D eigenvalue weighted by Gasteiger charge is 2.30. The van der Waals surface area contributed by atoms with Crippen molar-refractivity contribution in [3.05, 3.63) is 34.9 Å². The molecule has 2 unspecified atom stereocenters. The van der Waals surface area contributed by atoms with Gasteiger partial charge in [-0.3, -0.25) is 4.79 Å². The molecule has 7 heteroatoms. The lowest BCUT2D eigenvalue weighted by atomic mass is 9.89. The predicted molar refractivity (Wildman–Crippen MR) is 94.7 cm³/mol. The van der Waals surface area contributed by atoms with Crippen LogP contribution in [0, 0.1) is 0 Å². The van der Waals surface area contributed by atoms with Crippen molar-refractivity contribution in [2.45, 2.75) is 51.7 Å². The summed E-state index contributed by atoms with van der Waals surface area (Å²) in [5.74, 6) is -1.42. The molecule has 0 aliphatic carbocycles. The number of benzene rings is 1. The number of halogens is 1. The number of hydrogen-bond donors (Lipinski definition) is 1. The van der Waals surface area contributed by atoms with E-state index in [1.54, 1.807) is 45.0 Å². The molecule has 0 saturated heterocycles. The van der Waals surface area contributed by atoms with Crippen molar-refractivity contribution in [1.29, 1.82) is 0 Å². The normalized spacial score (nSPS) is 13.5. The summed E-state index contributed by atoms with van der Waals surface area (Å²) in [4.78, 5) is 36.1. The van der Waals surface area contributed by atoms with Crippen LogP contribution in [0.4, 0.5) is 4.79 Å². The number of methoxy groups -OCH3 is 1. The van der Waals surface area contributed by atoms with Gasteiger partial charge in [0.25, 0.3) is 0 Å². The van der Waals surface area contributed by atoms with Gasteiger partial charge in [-0.15, -0.1) is 0 Å². The molecule has 0 aliphatic heterocycles. The summed E-state index contributed by atoms with van der Waals surface area (Å²) < 4.78 is 9.90. The van der Waals surface area contributed by atoms with Crippen LogP contribution in [-0.4, -0.2) is 36.6 Å². The Kier molecular flexibility index (Phi) is 7.42. The van der Waals surface area contributed by atoms with E-state index in [1.165, 1.54) is 14.0 Å². The Balaban J connectivity index is 2.99. The molecule has 0 heterocycles. The maximum absolute atomic E-state index is 12.1. The number of esters is 1. The van der Waals surface area contributed by atoms with Gasteiger partial charge < -0.3 is 14.8 Å². The first-order valence-electron chi connectivity index (χ1n) is 7.86. The Hall–Kier alpha value is -2.08. The van der Waals surface area contributed by atoms with Gasteiger partial charge in [0.05, 0.1) is 7.11 Å². The fourth-order valence-corrected chi connectivity index (χ4v) is 2.50. The molecule has 1 rings (SSSR count). The third-order valence-corrected chi connectivity index (χ3v) is 3.62. The van der Waals surface area contributed by atoms with E-state index in [1.807, 2.05) is 0 Å². The van der Waals surface area contributed by atoms with Gasteiger partial charge in [-0.1, -0.05) is 23.7 Å². The lowest BCUT2D eigenvalue weighted by Gasteiger charge is -2.24. The molecule has 0 aliphatic rings. The van der Waals surface area contributed by atoms with Crippen molar-refractivity contribution in [3.63, 3.8) is 0 Å². The van der Waals surface area contributed by atoms with Crippen molar-refractivity contribution in [2.24, 2.45) is 0 Å². The van der Waals surface area contributed by atoms with Crippen molar-refractivity contribution in [1.82, 2.24) is 5.32 Å². The quantitative estimate of drug-likeness (QED) is 0.776. The molecule has 138 valence electrons. The molecular weight excluding hydrogens is 346 g/mol. The molecule has 0 fully saturated rings. The minimum absolute atomic E-state index is 0.0432. The Morgan fingerprint density at radius 3 is 2.36 bits per heavy atom. The van der Waals surface area contributed by atoms with Crippen LogP contribution < -0.4 is 5.32 Å². The Labute approximate surface area is 152 Å². The van der Waals surface area contributed by atoms with Gasteiger partial charge >= 0.3 is 12.1 Å². The van der Waals surface area contributed by atoms with E-state index in [0.717, 1.165) is 0 Å². The van der Waals surface area contributed by atoms with E-state index < -0.39 is 29.6 Å². The molecule has 0 aromatic heterocycles. The van der Waals surface area contributed by atoms with Gasteiger partial charge in [-0.05, 0) is 51.8 Å². The maximum Gasteiger partial charge on any atom is 0.408 e. The molecule has 1 N–H and O–H groups in total. The Bertz CT molecular complexity index is 639. The van der Waals surface area contributed by atoms with Crippen molar-refractivity contribution in [3.8, 4) is 0 Å². The smallest absolute Gasteiger partial charge is 0.408 e. The second-order valence-corrected chi connectivity index (χ2v) is 7.11. The zero-order valence-electron chi connectivity index (χ0n) is 15.1. The highest BCUT2D eigenvalue weighted by atomic mass is 35.5. The summed E-state index contributed by atoms with van der Waals surface area (Å²) >= 11 is 5.98. The number of nitrogens with one attached hydrogen (secondary N) is 1. The number of Topliss-reactive ketones (excluding diaryl/α,β-unsaturated/α-hetero) is 1. The minimum Gasteiger partial charge on any atom is -0.467 e. The van der Waals surface area contributed by atoms with Gasteiger partial charge in [0, 0.05) is 10.9 Å². The molecule has 0 saturated carbocycles. The number of alkyl carbamates (subject to hydrolysis) is 1. The number of rotatable bonds is 6. The maximum atomic E-state index is 12.1. The predicted octanol–water partition coefficient (Wildman–Crippen LogP) is 3.47. The molecule has 0 radical (unpaired) electrons. The van der Waals surface area contributed by atoms with Crippen molar-refractivity contribution >= 4 is 29.4 Å². The van der Waals surface area contributed by atoms with Gasteiger partial charge in [0.2, 0.25) is 0 Å². The first-order chi connectivity index (χ1) is 11.5. The second kappa shape index (κ2) is 8.85. The molecular formula is C18H24ClNO5. The molecule has 1 aromatic carbocycles. The third kappa shape index (κ3) is 7.13. The lowest BCUT2D eigenvalue weighted by Crippen LogP contribution is -2.45. The molecule has 1 aromatic rings. The first kappa shape index (κ1) is 21.0. The SMILES string of the molecule is COC(=O)C(CC(C(C)=O)c1cccc(Cl)c1)NC(=O)OC(C)(C)C. The zero-order valence-corrected chi connectivity index (χ0v) is 15.8. The largest absolute Gasteiger partial charge is 0.467 e. The number of amides is 1. The van der Waals surface area contributed by atoms with Crippen molar-refractivity contribution < 1.29 is 23.9 Å². The van der Waals surface area contributed by atoms with Gasteiger partial charge in [0.15, 0.2) is 0 Å². The molecule has 0 bridgehead atoms. The molecule has 0 spiro atoms. The standard InChI is InChI=1S/C18H24ClNO5/c1-11(21)14(12-7-6-8-13(19)9-12)10-15(16(22)24-5)20-17(23)25-18(2,3)4/h6-9,14-15H,10H2,1-5H3,(H,20,23). The van der Waals surface area contributed by atoms with Gasteiger partial charge in [0.1, 0.15) is 17.4 Å². The summed E-state index contributed by atoms with van der Waals surface area (Å²) in [5, 5.41) is 2.96. The van der Waals surface area contributed by atoms with Crippen LogP contribution in [0.1, 0.15) is 45.6 Å². The number of carbonyl (C=O) groups is 3. The van der Waals surface area contributed by atoms with Crippen LogP contribution >= 0.6 is 11.6 Å². The number of carbonyl (C=O) groups excluding carboxylic acids is 3. The number of hydrogen-bond acceptors (Lipinski definition) is 5. The molecule has 6 nitrogen and oxygen atoms in total. The van der Waals surface area contributed by atoms with Crippen LogP contribution in [0.3, 0.4) is 0 Å². The number of ether oxygens (including phenoxy) is 2. The summed E-state index contributed by atoms with van der Waals surface area (Å²) in [6.45, 7) is 6.56. The van der Waals surface area contributed by atoms with Crippen LogP contribution in [0.15, 0.2) is 24.3 Å². The lowest BCUT2D eigenvalue weighted by molar-refractivity contribution is -0.143. The average molecular weight is 370 g/mol. The van der Waals surface area contributed by atoms with E-state index in [4.69, 9.17) is 21.1 Å². The monoisotopic (exact) mass is 369 g/mol. The molecule has 25 heavy (non-hydrogen) atoms. The minimum atomic E-state index is -1.02. The first-order valence-corrected chi connectivity index (χ1v) is 8.24. The van der Waals surface area contributed by atoms with Crippen molar-refractivity contribution in [2.75, 3.05) is 7.11 Å². The summed E-state index contributed by atoms with van der Waals surface area (Å²) in [6.07, 6.45) is -0.710. The average Bonchev–Trinajstić information content (AvgIpc) is 2.48. The fraction of sp³-hybridized carbons (Fsp3) is 0.500. The third-order valence-electron chi connectivity index (χ3n) is 3.39. The highest BCUT2D eigenvalue weighted by Crippen LogP contribution is 2.25. The zero-order chi connectivity index (χ0) is 19.2. The second-order valence-electron chi connectivity index (χ2n) is 6.68.